The van der Waals surface area contributed by atoms with Gasteiger partial charge in [0.25, 0.3) is 0 Å². The summed E-state index contributed by atoms with van der Waals surface area (Å²) in [7, 11) is 0. The molecule has 96 valence electrons. The molecule has 1 aromatic rings. The zero-order valence-corrected chi connectivity index (χ0v) is 11.4. The fourth-order valence-electron chi connectivity index (χ4n) is 1.77. The third-order valence-electron chi connectivity index (χ3n) is 2.65. The van der Waals surface area contributed by atoms with Crippen molar-refractivity contribution in [2.75, 3.05) is 13.2 Å². The molecule has 0 spiro atoms. The van der Waals surface area contributed by atoms with Crippen LogP contribution >= 0.6 is 11.3 Å². The third kappa shape index (κ3) is 5.33. The minimum atomic E-state index is 0.0862. The Bertz CT molecular complexity index is 360. The van der Waals surface area contributed by atoms with Crippen LogP contribution in [0.3, 0.4) is 0 Å². The molecule has 0 aliphatic heterocycles. The fourth-order valence-corrected chi connectivity index (χ4v) is 2.74. The van der Waals surface area contributed by atoms with Gasteiger partial charge in [0, 0.05) is 29.3 Å². The van der Waals surface area contributed by atoms with E-state index in [9.17, 15) is 4.79 Å². The summed E-state index contributed by atoms with van der Waals surface area (Å²) in [6.07, 6.45) is 3.07. The van der Waals surface area contributed by atoms with Crippen LogP contribution in [0.2, 0.25) is 0 Å². The highest BCUT2D eigenvalue weighted by molar-refractivity contribution is 7.12. The first-order valence-corrected chi connectivity index (χ1v) is 6.88. The number of amides is 1. The van der Waals surface area contributed by atoms with Crippen molar-refractivity contribution < 1.29 is 9.90 Å². The highest BCUT2D eigenvalue weighted by Gasteiger charge is 2.05. The number of hydrogen-bond acceptors (Lipinski definition) is 3. The Morgan fingerprint density at radius 1 is 1.41 bits per heavy atom. The van der Waals surface area contributed by atoms with Crippen LogP contribution in [0.1, 0.15) is 34.6 Å². The zero-order valence-electron chi connectivity index (χ0n) is 10.6. The highest BCUT2D eigenvalue weighted by atomic mass is 32.1. The van der Waals surface area contributed by atoms with Crippen LogP contribution in [0.5, 0.6) is 0 Å². The van der Waals surface area contributed by atoms with Crippen molar-refractivity contribution in [3.05, 3.63) is 21.4 Å². The van der Waals surface area contributed by atoms with Gasteiger partial charge in [-0.1, -0.05) is 0 Å². The van der Waals surface area contributed by atoms with Crippen LogP contribution in [0, 0.1) is 13.8 Å². The maximum absolute atomic E-state index is 11.4. The summed E-state index contributed by atoms with van der Waals surface area (Å²) in [5.41, 5.74) is 1.37. The maximum Gasteiger partial charge on any atom is 0.220 e. The molecule has 0 fully saturated rings. The Morgan fingerprint density at radius 3 is 2.76 bits per heavy atom. The molecule has 2 N–H and O–H groups in total. The van der Waals surface area contributed by atoms with Gasteiger partial charge in [-0.3, -0.25) is 4.79 Å². The van der Waals surface area contributed by atoms with Gasteiger partial charge in [0.2, 0.25) is 5.91 Å². The van der Waals surface area contributed by atoms with Gasteiger partial charge in [-0.05, 0) is 44.7 Å². The Morgan fingerprint density at radius 2 is 2.18 bits per heavy atom. The standard InChI is InChI=1S/C13H21NO2S/c1-10-9-12(11(2)17-10)5-3-6-13(16)14-7-4-8-15/h9,15H,3-8H2,1-2H3,(H,14,16). The number of nitrogens with one attached hydrogen (secondary N) is 1. The predicted molar refractivity (Wildman–Crippen MR) is 71.4 cm³/mol. The van der Waals surface area contributed by atoms with Gasteiger partial charge < -0.3 is 10.4 Å². The van der Waals surface area contributed by atoms with Crippen molar-refractivity contribution in [1.82, 2.24) is 5.32 Å². The molecule has 1 amide bonds. The lowest BCUT2D eigenvalue weighted by molar-refractivity contribution is -0.121. The van der Waals surface area contributed by atoms with Crippen LogP contribution in [0.25, 0.3) is 0 Å². The van der Waals surface area contributed by atoms with E-state index in [2.05, 4.69) is 25.2 Å². The number of hydrogen-bond donors (Lipinski definition) is 2. The van der Waals surface area contributed by atoms with Crippen LogP contribution in [0.4, 0.5) is 0 Å². The minimum Gasteiger partial charge on any atom is -0.396 e. The summed E-state index contributed by atoms with van der Waals surface area (Å²) in [5, 5.41) is 11.4. The zero-order chi connectivity index (χ0) is 12.7. The van der Waals surface area contributed by atoms with Crippen molar-refractivity contribution in [3.63, 3.8) is 0 Å². The molecule has 4 heteroatoms. The first kappa shape index (κ1) is 14.2. The van der Waals surface area contributed by atoms with Crippen LogP contribution < -0.4 is 5.32 Å². The number of aryl methyl sites for hydroxylation is 3. The van der Waals surface area contributed by atoms with E-state index in [0.717, 1.165) is 12.8 Å². The lowest BCUT2D eigenvalue weighted by Crippen LogP contribution is -2.24. The summed E-state index contributed by atoms with van der Waals surface area (Å²) in [6, 6.07) is 2.21. The Labute approximate surface area is 107 Å². The number of rotatable bonds is 7. The van der Waals surface area contributed by atoms with Gasteiger partial charge in [-0.15, -0.1) is 11.3 Å². The first-order valence-electron chi connectivity index (χ1n) is 6.07. The largest absolute Gasteiger partial charge is 0.396 e. The quantitative estimate of drug-likeness (QED) is 0.734. The van der Waals surface area contributed by atoms with E-state index in [0.29, 0.717) is 19.4 Å². The summed E-state index contributed by atoms with van der Waals surface area (Å²) >= 11 is 1.82. The second kappa shape index (κ2) is 7.45. The number of aliphatic hydroxyl groups excluding tert-OH is 1. The monoisotopic (exact) mass is 255 g/mol. The summed E-state index contributed by atoms with van der Waals surface area (Å²) in [5.74, 6) is 0.0862. The molecule has 0 bridgehead atoms. The molecule has 0 aromatic carbocycles. The average Bonchev–Trinajstić information content (AvgIpc) is 2.58. The summed E-state index contributed by atoms with van der Waals surface area (Å²) in [6.45, 7) is 4.96. The van der Waals surface area contributed by atoms with E-state index in [1.165, 1.54) is 15.3 Å². The van der Waals surface area contributed by atoms with Gasteiger partial charge in [-0.2, -0.15) is 0 Å². The fraction of sp³-hybridized carbons (Fsp3) is 0.615. The topological polar surface area (TPSA) is 49.3 Å². The second-order valence-corrected chi connectivity index (χ2v) is 5.68. The number of carbonyl (C=O) groups is 1. The maximum atomic E-state index is 11.4. The van der Waals surface area contributed by atoms with Crippen molar-refractivity contribution in [1.29, 1.82) is 0 Å². The molecule has 1 rings (SSSR count). The summed E-state index contributed by atoms with van der Waals surface area (Å²) < 4.78 is 0. The van der Waals surface area contributed by atoms with E-state index in [1.54, 1.807) is 0 Å². The molecule has 0 atom stereocenters. The molecule has 0 saturated heterocycles. The van der Waals surface area contributed by atoms with Crippen molar-refractivity contribution in [2.24, 2.45) is 0 Å². The van der Waals surface area contributed by atoms with E-state index >= 15 is 0 Å². The lowest BCUT2D eigenvalue weighted by Gasteiger charge is -2.03. The third-order valence-corrected chi connectivity index (χ3v) is 3.66. The molecule has 1 heterocycles. The average molecular weight is 255 g/mol. The second-order valence-electron chi connectivity index (χ2n) is 4.22. The van der Waals surface area contributed by atoms with Crippen LogP contribution in [0.15, 0.2) is 6.07 Å². The van der Waals surface area contributed by atoms with Gasteiger partial charge in [-0.25, -0.2) is 0 Å². The first-order chi connectivity index (χ1) is 8.13. The molecular formula is C13H21NO2S. The van der Waals surface area contributed by atoms with Crippen LogP contribution in [-0.4, -0.2) is 24.2 Å². The van der Waals surface area contributed by atoms with E-state index in [-0.39, 0.29) is 12.5 Å². The van der Waals surface area contributed by atoms with Gasteiger partial charge >= 0.3 is 0 Å². The van der Waals surface area contributed by atoms with Crippen molar-refractivity contribution in [2.45, 2.75) is 39.5 Å². The number of thiophene rings is 1. The van der Waals surface area contributed by atoms with Crippen molar-refractivity contribution >= 4 is 17.2 Å². The van der Waals surface area contributed by atoms with Crippen molar-refractivity contribution in [3.8, 4) is 0 Å². The smallest absolute Gasteiger partial charge is 0.220 e. The summed E-state index contributed by atoms with van der Waals surface area (Å²) in [4.78, 5) is 14.1. The number of aliphatic hydroxyl groups is 1. The van der Waals surface area contributed by atoms with Gasteiger partial charge in [0.1, 0.15) is 0 Å². The predicted octanol–water partition coefficient (Wildman–Crippen LogP) is 2.19. The molecule has 0 radical (unpaired) electrons. The van der Waals surface area contributed by atoms with Crippen LogP contribution in [-0.2, 0) is 11.2 Å². The normalized spacial score (nSPS) is 10.5. The van der Waals surface area contributed by atoms with E-state index in [1.807, 2.05) is 11.3 Å². The molecule has 3 nitrogen and oxygen atoms in total. The van der Waals surface area contributed by atoms with E-state index < -0.39 is 0 Å². The Balaban J connectivity index is 2.19. The Hall–Kier alpha value is -0.870. The molecule has 0 unspecified atom stereocenters. The van der Waals surface area contributed by atoms with E-state index in [4.69, 9.17) is 5.11 Å². The van der Waals surface area contributed by atoms with Gasteiger partial charge in [0.05, 0.1) is 0 Å². The number of carbonyl (C=O) groups excluding carboxylic acids is 1. The molecule has 1 aromatic heterocycles. The lowest BCUT2D eigenvalue weighted by atomic mass is 10.1. The van der Waals surface area contributed by atoms with Gasteiger partial charge in [0.15, 0.2) is 0 Å². The molecule has 0 aliphatic carbocycles. The molecule has 17 heavy (non-hydrogen) atoms. The molecule has 0 aliphatic rings. The highest BCUT2D eigenvalue weighted by Crippen LogP contribution is 2.21. The molecule has 0 saturated carbocycles. The SMILES string of the molecule is Cc1cc(CCCC(=O)NCCCO)c(C)s1. The minimum absolute atomic E-state index is 0.0862. The molecular weight excluding hydrogens is 234 g/mol. The Kier molecular flexibility index (Phi) is 6.22.